The number of benzene rings is 2. The molecule has 0 unspecified atom stereocenters. The molecule has 4 nitrogen and oxygen atoms in total. The van der Waals surface area contributed by atoms with Gasteiger partial charge in [-0.1, -0.05) is 42.6 Å². The fourth-order valence-corrected chi connectivity index (χ4v) is 4.47. The zero-order chi connectivity index (χ0) is 19.5. The monoisotopic (exact) mass is 413 g/mol. The number of aromatic nitrogens is 1. The lowest BCUT2D eigenvalue weighted by Gasteiger charge is -2.32. The molecule has 1 saturated carbocycles. The Labute approximate surface area is 175 Å². The van der Waals surface area contributed by atoms with Crippen molar-refractivity contribution in [1.82, 2.24) is 9.88 Å². The molecule has 1 aromatic heterocycles. The zero-order valence-corrected chi connectivity index (χ0v) is 17.4. The van der Waals surface area contributed by atoms with E-state index < -0.39 is 0 Å². The molecular formula is C22H24ClN3OS. The van der Waals surface area contributed by atoms with Crippen molar-refractivity contribution in [3.8, 4) is 5.75 Å². The zero-order valence-electron chi connectivity index (χ0n) is 15.9. The molecule has 3 aromatic rings. The maximum Gasteiger partial charge on any atom is 0.174 e. The summed E-state index contributed by atoms with van der Waals surface area (Å²) >= 11 is 11.9. The second-order valence-corrected chi connectivity index (χ2v) is 8.02. The Morgan fingerprint density at radius 2 is 2.04 bits per heavy atom. The van der Waals surface area contributed by atoms with Gasteiger partial charge in [-0.3, -0.25) is 0 Å². The fraction of sp³-hybridized carbons (Fsp3) is 0.318. The van der Waals surface area contributed by atoms with Crippen molar-refractivity contribution in [2.24, 2.45) is 0 Å². The number of methoxy groups -OCH3 is 1. The second kappa shape index (κ2) is 8.41. The van der Waals surface area contributed by atoms with Gasteiger partial charge in [-0.15, -0.1) is 0 Å². The number of halogens is 1. The number of hydrogen-bond donors (Lipinski definition) is 2. The lowest BCUT2D eigenvalue weighted by Crippen LogP contribution is -2.41. The van der Waals surface area contributed by atoms with Gasteiger partial charge in [0.1, 0.15) is 5.75 Å². The number of hydrogen-bond acceptors (Lipinski definition) is 2. The average Bonchev–Trinajstić information content (AvgIpc) is 3.37. The topological polar surface area (TPSA) is 40.3 Å². The molecule has 28 heavy (non-hydrogen) atoms. The summed E-state index contributed by atoms with van der Waals surface area (Å²) in [5, 5.41) is 6.00. The van der Waals surface area contributed by atoms with Crippen molar-refractivity contribution in [1.29, 1.82) is 0 Å². The number of para-hydroxylation sites is 1. The largest absolute Gasteiger partial charge is 0.495 e. The van der Waals surface area contributed by atoms with Crippen LogP contribution in [-0.4, -0.2) is 28.1 Å². The van der Waals surface area contributed by atoms with Gasteiger partial charge < -0.3 is 19.9 Å². The molecule has 1 aliphatic rings. The maximum absolute atomic E-state index is 6.09. The Morgan fingerprint density at radius 3 is 2.82 bits per heavy atom. The Kier molecular flexibility index (Phi) is 5.74. The minimum Gasteiger partial charge on any atom is -0.495 e. The van der Waals surface area contributed by atoms with Gasteiger partial charge in [0.05, 0.1) is 12.8 Å². The van der Waals surface area contributed by atoms with Crippen LogP contribution in [0.2, 0.25) is 5.02 Å². The molecule has 2 N–H and O–H groups in total. The van der Waals surface area contributed by atoms with Gasteiger partial charge in [-0.05, 0) is 48.8 Å². The van der Waals surface area contributed by atoms with E-state index in [0.29, 0.717) is 16.8 Å². The van der Waals surface area contributed by atoms with Crippen LogP contribution in [0.4, 0.5) is 5.69 Å². The highest BCUT2D eigenvalue weighted by Crippen LogP contribution is 2.31. The number of rotatable bonds is 5. The summed E-state index contributed by atoms with van der Waals surface area (Å²) in [6.07, 6.45) is 6.94. The molecule has 0 bridgehead atoms. The van der Waals surface area contributed by atoms with Crippen molar-refractivity contribution >= 4 is 45.5 Å². The van der Waals surface area contributed by atoms with Crippen molar-refractivity contribution in [2.75, 3.05) is 12.4 Å². The van der Waals surface area contributed by atoms with E-state index in [1.807, 2.05) is 12.1 Å². The number of anilines is 1. The lowest BCUT2D eigenvalue weighted by atomic mass is 10.1. The van der Waals surface area contributed by atoms with E-state index in [0.717, 1.165) is 22.9 Å². The van der Waals surface area contributed by atoms with Crippen molar-refractivity contribution in [3.05, 3.63) is 59.2 Å². The first kappa shape index (κ1) is 19.1. The molecule has 0 aliphatic heterocycles. The Balaban J connectivity index is 1.60. The average molecular weight is 414 g/mol. The highest BCUT2D eigenvalue weighted by atomic mass is 35.5. The Bertz CT molecular complexity index is 981. The minimum absolute atomic E-state index is 0.451. The Hall–Kier alpha value is -2.24. The van der Waals surface area contributed by atoms with Crippen molar-refractivity contribution in [2.45, 2.75) is 38.3 Å². The number of H-pyrrole nitrogens is 1. The second-order valence-electron chi connectivity index (χ2n) is 7.20. The molecule has 0 amide bonds. The van der Waals surface area contributed by atoms with Crippen LogP contribution < -0.4 is 10.1 Å². The van der Waals surface area contributed by atoms with Gasteiger partial charge in [0.25, 0.3) is 0 Å². The summed E-state index contributed by atoms with van der Waals surface area (Å²) < 4.78 is 5.47. The normalized spacial score (nSPS) is 14.4. The summed E-state index contributed by atoms with van der Waals surface area (Å²) in [5.41, 5.74) is 3.25. The van der Waals surface area contributed by atoms with Gasteiger partial charge >= 0.3 is 0 Å². The summed E-state index contributed by atoms with van der Waals surface area (Å²) in [5.74, 6) is 0.688. The minimum atomic E-state index is 0.451. The molecule has 0 saturated heterocycles. The predicted molar refractivity (Wildman–Crippen MR) is 120 cm³/mol. The first-order chi connectivity index (χ1) is 13.7. The third-order valence-electron chi connectivity index (χ3n) is 5.45. The number of thiocarbonyl (C=S) groups is 1. The van der Waals surface area contributed by atoms with E-state index in [4.69, 9.17) is 28.6 Å². The molecule has 0 radical (unpaired) electrons. The van der Waals surface area contributed by atoms with E-state index in [1.165, 1.54) is 36.6 Å². The smallest absolute Gasteiger partial charge is 0.174 e. The molecular weight excluding hydrogens is 390 g/mol. The van der Waals surface area contributed by atoms with Crippen molar-refractivity contribution < 1.29 is 4.74 Å². The number of nitrogens with one attached hydrogen (secondary N) is 2. The fourth-order valence-electron chi connectivity index (χ4n) is 3.98. The van der Waals surface area contributed by atoms with Crippen LogP contribution in [0.25, 0.3) is 10.9 Å². The molecule has 2 aromatic carbocycles. The van der Waals surface area contributed by atoms with E-state index in [2.05, 4.69) is 45.7 Å². The van der Waals surface area contributed by atoms with Gasteiger partial charge in [-0.25, -0.2) is 0 Å². The van der Waals surface area contributed by atoms with Crippen LogP contribution in [0.15, 0.2) is 48.7 Å². The molecule has 0 atom stereocenters. The Morgan fingerprint density at radius 1 is 1.25 bits per heavy atom. The van der Waals surface area contributed by atoms with Crippen molar-refractivity contribution in [3.63, 3.8) is 0 Å². The van der Waals surface area contributed by atoms with E-state index in [-0.39, 0.29) is 0 Å². The van der Waals surface area contributed by atoms with E-state index in [9.17, 15) is 0 Å². The molecule has 6 heteroatoms. The van der Waals surface area contributed by atoms with Gasteiger partial charge in [0.2, 0.25) is 0 Å². The summed E-state index contributed by atoms with van der Waals surface area (Å²) in [6.45, 7) is 0.774. The van der Waals surface area contributed by atoms with E-state index >= 15 is 0 Å². The first-order valence-corrected chi connectivity index (χ1v) is 10.4. The van der Waals surface area contributed by atoms with Gasteiger partial charge in [-0.2, -0.15) is 0 Å². The number of fused-ring (bicyclic) bond motifs is 1. The molecule has 146 valence electrons. The SMILES string of the molecule is COc1cc(Cl)ccc1NC(=S)N(Cc1c[nH]c2ccccc12)C1CCCC1. The summed E-state index contributed by atoms with van der Waals surface area (Å²) in [6, 6.07) is 14.4. The number of nitrogens with zero attached hydrogens (tertiary/aromatic N) is 1. The predicted octanol–water partition coefficient (Wildman–Crippen LogP) is 5.97. The molecule has 1 aliphatic carbocycles. The molecule has 1 fully saturated rings. The van der Waals surface area contributed by atoms with Crippen LogP contribution in [0.3, 0.4) is 0 Å². The van der Waals surface area contributed by atoms with E-state index in [1.54, 1.807) is 13.2 Å². The molecule has 1 heterocycles. The third kappa shape index (κ3) is 3.96. The highest BCUT2D eigenvalue weighted by molar-refractivity contribution is 7.80. The van der Waals surface area contributed by atoms with Gasteiger partial charge in [0, 0.05) is 40.8 Å². The van der Waals surface area contributed by atoms with Crippen LogP contribution in [-0.2, 0) is 6.54 Å². The third-order valence-corrected chi connectivity index (χ3v) is 6.02. The molecule has 4 rings (SSSR count). The summed E-state index contributed by atoms with van der Waals surface area (Å²) in [4.78, 5) is 5.70. The van der Waals surface area contributed by atoms with Crippen LogP contribution in [0.1, 0.15) is 31.2 Å². The number of ether oxygens (including phenoxy) is 1. The van der Waals surface area contributed by atoms with Gasteiger partial charge in [0.15, 0.2) is 5.11 Å². The first-order valence-electron chi connectivity index (χ1n) is 9.62. The lowest BCUT2D eigenvalue weighted by molar-refractivity contribution is 0.313. The summed E-state index contributed by atoms with van der Waals surface area (Å²) in [7, 11) is 1.64. The quantitative estimate of drug-likeness (QED) is 0.505. The molecule has 0 spiro atoms. The standard InChI is InChI=1S/C22H24ClN3OS/c1-27-21-12-16(23)10-11-20(21)25-22(28)26(17-6-2-3-7-17)14-15-13-24-19-9-5-4-8-18(15)19/h4-5,8-13,17,24H,2-3,6-7,14H2,1H3,(H,25,28). The maximum atomic E-state index is 6.09. The van der Waals surface area contributed by atoms with Crippen LogP contribution in [0.5, 0.6) is 5.75 Å². The highest BCUT2D eigenvalue weighted by Gasteiger charge is 2.26. The van der Waals surface area contributed by atoms with Crippen LogP contribution in [0, 0.1) is 0 Å². The number of aromatic amines is 1. The van der Waals surface area contributed by atoms with Crippen LogP contribution >= 0.6 is 23.8 Å².